The van der Waals surface area contributed by atoms with E-state index in [0.717, 1.165) is 12.8 Å². The third-order valence-corrected chi connectivity index (χ3v) is 4.41. The Balaban J connectivity index is 1.88. The molecule has 4 heteroatoms. The smallest absolute Gasteiger partial charge is 0.223 e. The van der Waals surface area contributed by atoms with E-state index < -0.39 is 0 Å². The highest BCUT2D eigenvalue weighted by Crippen LogP contribution is 2.27. The van der Waals surface area contributed by atoms with Crippen molar-refractivity contribution >= 4 is 17.2 Å². The van der Waals surface area contributed by atoms with E-state index in [9.17, 15) is 4.79 Å². The summed E-state index contributed by atoms with van der Waals surface area (Å²) in [7, 11) is 4.11. The maximum Gasteiger partial charge on any atom is 0.223 e. The Labute approximate surface area is 107 Å². The molecule has 1 amide bonds. The molecule has 2 rings (SSSR count). The predicted molar refractivity (Wildman–Crippen MR) is 71.1 cm³/mol. The van der Waals surface area contributed by atoms with Crippen LogP contribution in [0.15, 0.2) is 17.5 Å². The minimum Gasteiger partial charge on any atom is -0.354 e. The number of nitrogens with zero attached hydrogens (tertiary/aromatic N) is 1. The first-order chi connectivity index (χ1) is 8.18. The van der Waals surface area contributed by atoms with Gasteiger partial charge in [-0.15, -0.1) is 11.3 Å². The topological polar surface area (TPSA) is 32.3 Å². The van der Waals surface area contributed by atoms with Gasteiger partial charge in [-0.2, -0.15) is 0 Å². The fourth-order valence-electron chi connectivity index (χ4n) is 2.03. The van der Waals surface area contributed by atoms with Crippen LogP contribution in [0.5, 0.6) is 0 Å². The number of nitrogens with one attached hydrogen (secondary N) is 1. The van der Waals surface area contributed by atoms with Gasteiger partial charge in [-0.05, 0) is 38.4 Å². The second-order valence-corrected chi connectivity index (χ2v) is 5.85. The largest absolute Gasteiger partial charge is 0.354 e. The fourth-order valence-corrected chi connectivity index (χ4v) is 2.95. The summed E-state index contributed by atoms with van der Waals surface area (Å²) in [5, 5.41) is 5.16. The molecule has 1 aliphatic carbocycles. The number of hydrogen-bond acceptors (Lipinski definition) is 3. The second-order valence-electron chi connectivity index (χ2n) is 4.87. The van der Waals surface area contributed by atoms with Gasteiger partial charge < -0.3 is 10.2 Å². The van der Waals surface area contributed by atoms with Crippen LogP contribution in [-0.4, -0.2) is 31.4 Å². The van der Waals surface area contributed by atoms with Crippen molar-refractivity contribution in [3.05, 3.63) is 22.4 Å². The summed E-state index contributed by atoms with van der Waals surface area (Å²) in [6.45, 7) is 0.711. The van der Waals surface area contributed by atoms with Gasteiger partial charge in [0.05, 0.1) is 6.04 Å². The zero-order valence-electron chi connectivity index (χ0n) is 10.5. The lowest BCUT2D eigenvalue weighted by molar-refractivity contribution is -0.127. The molecule has 94 valence electrons. The van der Waals surface area contributed by atoms with E-state index in [1.807, 2.05) is 0 Å². The number of amides is 1. The number of carbonyl (C=O) groups excluding carboxylic acids is 1. The lowest BCUT2D eigenvalue weighted by atomic mass is 9.85. The molecule has 1 saturated carbocycles. The summed E-state index contributed by atoms with van der Waals surface area (Å²) in [5.41, 5.74) is 0. The molecule has 0 saturated heterocycles. The van der Waals surface area contributed by atoms with Crippen LogP contribution in [0.2, 0.25) is 0 Å². The summed E-state index contributed by atoms with van der Waals surface area (Å²) in [4.78, 5) is 15.3. The highest BCUT2D eigenvalue weighted by atomic mass is 32.1. The normalized spacial score (nSPS) is 17.8. The van der Waals surface area contributed by atoms with Gasteiger partial charge in [0.25, 0.3) is 0 Å². The van der Waals surface area contributed by atoms with Crippen LogP contribution in [0.3, 0.4) is 0 Å². The van der Waals surface area contributed by atoms with Gasteiger partial charge in [-0.3, -0.25) is 4.79 Å². The van der Waals surface area contributed by atoms with Crippen LogP contribution in [0.4, 0.5) is 0 Å². The van der Waals surface area contributed by atoms with Gasteiger partial charge in [0, 0.05) is 17.3 Å². The first kappa shape index (κ1) is 12.6. The van der Waals surface area contributed by atoms with Gasteiger partial charge in [0.2, 0.25) is 5.91 Å². The van der Waals surface area contributed by atoms with Crippen molar-refractivity contribution in [2.45, 2.75) is 25.3 Å². The van der Waals surface area contributed by atoms with Crippen LogP contribution in [0, 0.1) is 5.92 Å². The highest BCUT2D eigenvalue weighted by Gasteiger charge is 2.26. The van der Waals surface area contributed by atoms with Gasteiger partial charge in [0.15, 0.2) is 0 Å². The number of carbonyl (C=O) groups is 1. The molecule has 1 aromatic rings. The molecule has 1 heterocycles. The molecule has 1 atom stereocenters. The van der Waals surface area contributed by atoms with Crippen LogP contribution < -0.4 is 5.32 Å². The minimum atomic E-state index is 0.236. The Morgan fingerprint density at radius 3 is 2.82 bits per heavy atom. The summed E-state index contributed by atoms with van der Waals surface area (Å²) < 4.78 is 0. The van der Waals surface area contributed by atoms with Crippen LogP contribution in [0.25, 0.3) is 0 Å². The van der Waals surface area contributed by atoms with Crippen LogP contribution in [-0.2, 0) is 4.79 Å². The Kier molecular flexibility index (Phi) is 4.18. The molecule has 0 aliphatic heterocycles. The maximum atomic E-state index is 11.8. The fraction of sp³-hybridized carbons (Fsp3) is 0.615. The van der Waals surface area contributed by atoms with Crippen molar-refractivity contribution in [2.24, 2.45) is 5.92 Å². The Bertz CT molecular complexity index is 358. The minimum absolute atomic E-state index is 0.236. The van der Waals surface area contributed by atoms with E-state index in [0.29, 0.717) is 12.6 Å². The summed E-state index contributed by atoms with van der Waals surface area (Å²) in [6, 6.07) is 4.48. The van der Waals surface area contributed by atoms with Gasteiger partial charge in [-0.25, -0.2) is 0 Å². The van der Waals surface area contributed by atoms with E-state index in [1.54, 1.807) is 11.3 Å². The molecule has 1 fully saturated rings. The van der Waals surface area contributed by atoms with Crippen molar-refractivity contribution in [3.63, 3.8) is 0 Å². The number of hydrogen-bond donors (Lipinski definition) is 1. The summed E-state index contributed by atoms with van der Waals surface area (Å²) in [5.74, 6) is 0.515. The van der Waals surface area contributed by atoms with Gasteiger partial charge >= 0.3 is 0 Å². The first-order valence-corrected chi connectivity index (χ1v) is 7.04. The zero-order chi connectivity index (χ0) is 12.3. The maximum absolute atomic E-state index is 11.8. The van der Waals surface area contributed by atoms with Crippen LogP contribution in [0.1, 0.15) is 30.2 Å². The molecule has 17 heavy (non-hydrogen) atoms. The van der Waals surface area contributed by atoms with E-state index in [-0.39, 0.29) is 11.8 Å². The average molecular weight is 252 g/mol. The zero-order valence-corrected chi connectivity index (χ0v) is 11.3. The molecule has 0 unspecified atom stereocenters. The summed E-state index contributed by atoms with van der Waals surface area (Å²) in [6.07, 6.45) is 3.34. The average Bonchev–Trinajstić information content (AvgIpc) is 2.67. The van der Waals surface area contributed by atoms with Crippen molar-refractivity contribution in [1.29, 1.82) is 0 Å². The Morgan fingerprint density at radius 2 is 2.35 bits per heavy atom. The quantitative estimate of drug-likeness (QED) is 0.872. The molecular weight excluding hydrogens is 232 g/mol. The SMILES string of the molecule is CN(C)[C@H](CNC(=O)C1CCC1)c1cccs1. The third-order valence-electron chi connectivity index (χ3n) is 3.44. The third kappa shape index (κ3) is 3.07. The number of rotatable bonds is 5. The van der Waals surface area contributed by atoms with Crippen molar-refractivity contribution in [1.82, 2.24) is 10.2 Å². The molecule has 0 spiro atoms. The molecule has 1 N–H and O–H groups in total. The van der Waals surface area contributed by atoms with Crippen molar-refractivity contribution < 1.29 is 4.79 Å². The van der Waals surface area contributed by atoms with Crippen LogP contribution >= 0.6 is 11.3 Å². The van der Waals surface area contributed by atoms with E-state index in [2.05, 4.69) is 41.8 Å². The Hall–Kier alpha value is -0.870. The predicted octanol–water partition coefficient (Wildman–Crippen LogP) is 2.27. The second kappa shape index (κ2) is 5.65. The van der Waals surface area contributed by atoms with Gasteiger partial charge in [0.1, 0.15) is 0 Å². The molecule has 0 bridgehead atoms. The Morgan fingerprint density at radius 1 is 1.59 bits per heavy atom. The number of thiophene rings is 1. The molecule has 0 radical (unpaired) electrons. The van der Waals surface area contributed by atoms with Gasteiger partial charge in [-0.1, -0.05) is 12.5 Å². The standard InChI is InChI=1S/C13H20N2OS/c1-15(2)11(12-7-4-8-17-12)9-14-13(16)10-5-3-6-10/h4,7-8,10-11H,3,5-6,9H2,1-2H3,(H,14,16)/t11-/m1/s1. The van der Waals surface area contributed by atoms with Crippen molar-refractivity contribution in [3.8, 4) is 0 Å². The first-order valence-electron chi connectivity index (χ1n) is 6.16. The summed E-state index contributed by atoms with van der Waals surface area (Å²) >= 11 is 1.75. The molecule has 0 aromatic carbocycles. The van der Waals surface area contributed by atoms with E-state index >= 15 is 0 Å². The lowest BCUT2D eigenvalue weighted by Crippen LogP contribution is -2.39. The highest BCUT2D eigenvalue weighted by molar-refractivity contribution is 7.10. The molecule has 1 aromatic heterocycles. The molecular formula is C13H20N2OS. The van der Waals surface area contributed by atoms with E-state index in [4.69, 9.17) is 0 Å². The lowest BCUT2D eigenvalue weighted by Gasteiger charge is -2.27. The molecule has 3 nitrogen and oxygen atoms in total. The monoisotopic (exact) mass is 252 g/mol. The van der Waals surface area contributed by atoms with E-state index in [1.165, 1.54) is 11.3 Å². The van der Waals surface area contributed by atoms with Crippen molar-refractivity contribution in [2.75, 3.05) is 20.6 Å². The number of likely N-dealkylation sites (N-methyl/N-ethyl adjacent to an activating group) is 1. The molecule has 1 aliphatic rings.